The molecule has 0 spiro atoms. The molecule has 0 bridgehead atoms. The molecule has 0 radical (unpaired) electrons. The van der Waals surface area contributed by atoms with Crippen LogP contribution in [-0.2, 0) is 0 Å². The van der Waals surface area contributed by atoms with E-state index >= 15 is 0 Å². The van der Waals surface area contributed by atoms with E-state index in [0.29, 0.717) is 6.42 Å². The first-order chi connectivity index (χ1) is 7.93. The molecule has 0 aliphatic carbocycles. The van der Waals surface area contributed by atoms with E-state index < -0.39 is 0 Å². The molecular formula is C11H18N4OS. The van der Waals surface area contributed by atoms with E-state index in [1.165, 1.54) is 11.8 Å². The molecule has 5 nitrogen and oxygen atoms in total. The molecule has 17 heavy (non-hydrogen) atoms. The van der Waals surface area contributed by atoms with E-state index in [4.69, 9.17) is 10.9 Å². The molecule has 0 saturated carbocycles. The van der Waals surface area contributed by atoms with Gasteiger partial charge >= 0.3 is 0 Å². The number of thioether (sulfide) groups is 1. The van der Waals surface area contributed by atoms with Crippen molar-refractivity contribution in [3.63, 3.8) is 0 Å². The zero-order valence-corrected chi connectivity index (χ0v) is 11.4. The fourth-order valence-electron chi connectivity index (χ4n) is 1.35. The number of hydrogen-bond acceptors (Lipinski definition) is 5. The Bertz CT molecular complexity index is 410. The first-order valence-electron chi connectivity index (χ1n) is 5.39. The molecule has 0 aromatic carbocycles. The number of nitrogens with two attached hydrogens (primary N) is 1. The Kier molecular flexibility index (Phi) is 4.74. The predicted octanol–water partition coefficient (Wildman–Crippen LogP) is 2.02. The van der Waals surface area contributed by atoms with Crippen molar-refractivity contribution >= 4 is 17.6 Å². The Hall–Kier alpha value is -1.30. The van der Waals surface area contributed by atoms with Gasteiger partial charge < -0.3 is 10.9 Å². The third-order valence-corrected chi connectivity index (χ3v) is 3.51. The lowest BCUT2D eigenvalue weighted by molar-refractivity contribution is 0.317. The number of hydrogen-bond donors (Lipinski definition) is 2. The number of nitrogens with zero attached hydrogens (tertiary/aromatic N) is 3. The quantitative estimate of drug-likeness (QED) is 0.214. The summed E-state index contributed by atoms with van der Waals surface area (Å²) in [5.41, 5.74) is 8.57. The normalized spacial score (nSPS) is 13.8. The van der Waals surface area contributed by atoms with E-state index in [0.717, 1.165) is 22.1 Å². The Labute approximate surface area is 106 Å². The van der Waals surface area contributed by atoms with E-state index in [2.05, 4.69) is 15.1 Å². The molecule has 1 unspecified atom stereocenters. The standard InChI is InChI=1S/C11H18N4OS/c1-6(5-10(12)15-16)17-11-13-8(3)7(2)9(4)14-11/h6,16H,5H2,1-4H3,(H2,12,15). The van der Waals surface area contributed by atoms with Crippen LogP contribution < -0.4 is 5.73 Å². The summed E-state index contributed by atoms with van der Waals surface area (Å²) >= 11 is 1.53. The Balaban J connectivity index is 2.75. The topological polar surface area (TPSA) is 84.4 Å². The van der Waals surface area contributed by atoms with Gasteiger partial charge in [-0.3, -0.25) is 0 Å². The lowest BCUT2D eigenvalue weighted by atomic mass is 10.2. The van der Waals surface area contributed by atoms with Gasteiger partial charge in [0.2, 0.25) is 0 Å². The monoisotopic (exact) mass is 254 g/mol. The number of oxime groups is 1. The van der Waals surface area contributed by atoms with E-state index in [1.807, 2.05) is 27.7 Å². The average Bonchev–Trinajstić information content (AvgIpc) is 2.25. The summed E-state index contributed by atoms with van der Waals surface area (Å²) in [5.74, 6) is 0.227. The highest BCUT2D eigenvalue weighted by Gasteiger charge is 2.11. The minimum Gasteiger partial charge on any atom is -0.409 e. The van der Waals surface area contributed by atoms with Crippen LogP contribution in [0.15, 0.2) is 10.3 Å². The molecule has 6 heteroatoms. The van der Waals surface area contributed by atoms with E-state index in [9.17, 15) is 0 Å². The maximum Gasteiger partial charge on any atom is 0.188 e. The highest BCUT2D eigenvalue weighted by molar-refractivity contribution is 7.99. The number of rotatable bonds is 4. The minimum atomic E-state index is 0.174. The van der Waals surface area contributed by atoms with Crippen LogP contribution in [0.4, 0.5) is 0 Å². The first kappa shape index (κ1) is 13.8. The van der Waals surface area contributed by atoms with Crippen LogP contribution in [0.2, 0.25) is 0 Å². The molecule has 0 fully saturated rings. The lowest BCUT2D eigenvalue weighted by Crippen LogP contribution is -2.17. The first-order valence-corrected chi connectivity index (χ1v) is 6.27. The van der Waals surface area contributed by atoms with Crippen molar-refractivity contribution in [1.29, 1.82) is 0 Å². The molecular weight excluding hydrogens is 236 g/mol. The van der Waals surface area contributed by atoms with Gasteiger partial charge in [-0.25, -0.2) is 9.97 Å². The third-order valence-electron chi connectivity index (χ3n) is 2.54. The molecule has 0 aliphatic heterocycles. The van der Waals surface area contributed by atoms with Crippen LogP contribution in [0.25, 0.3) is 0 Å². The maximum atomic E-state index is 8.50. The molecule has 3 N–H and O–H groups in total. The summed E-state index contributed by atoms with van der Waals surface area (Å²) in [6.45, 7) is 7.96. The van der Waals surface area contributed by atoms with Crippen LogP contribution in [0.1, 0.15) is 30.3 Å². The van der Waals surface area contributed by atoms with E-state index in [1.54, 1.807) is 0 Å². The van der Waals surface area contributed by atoms with Gasteiger partial charge in [0.25, 0.3) is 0 Å². The second-order valence-electron chi connectivity index (χ2n) is 4.03. The second kappa shape index (κ2) is 5.86. The van der Waals surface area contributed by atoms with Crippen molar-refractivity contribution in [3.8, 4) is 0 Å². The largest absolute Gasteiger partial charge is 0.409 e. The molecule has 0 amide bonds. The SMILES string of the molecule is Cc1nc(SC(C)CC(N)=NO)nc(C)c1C. The smallest absolute Gasteiger partial charge is 0.188 e. The number of aromatic nitrogens is 2. The summed E-state index contributed by atoms with van der Waals surface area (Å²) in [6, 6.07) is 0. The highest BCUT2D eigenvalue weighted by Crippen LogP contribution is 2.23. The molecule has 0 saturated heterocycles. The van der Waals surface area contributed by atoms with Crippen molar-refractivity contribution < 1.29 is 5.21 Å². The van der Waals surface area contributed by atoms with Crippen LogP contribution >= 0.6 is 11.8 Å². The van der Waals surface area contributed by atoms with Gasteiger partial charge in [0.15, 0.2) is 5.16 Å². The van der Waals surface area contributed by atoms with Gasteiger partial charge in [-0.2, -0.15) is 0 Å². The molecule has 1 aromatic heterocycles. The van der Waals surface area contributed by atoms with Crippen molar-refractivity contribution in [2.75, 3.05) is 0 Å². The molecule has 1 heterocycles. The van der Waals surface area contributed by atoms with Crippen LogP contribution in [-0.4, -0.2) is 26.3 Å². The third kappa shape index (κ3) is 3.89. The summed E-state index contributed by atoms with van der Waals surface area (Å²) < 4.78 is 0. The molecule has 0 aliphatic rings. The molecule has 1 atom stereocenters. The summed E-state index contributed by atoms with van der Waals surface area (Å²) in [4.78, 5) is 8.83. The van der Waals surface area contributed by atoms with Crippen molar-refractivity contribution in [3.05, 3.63) is 17.0 Å². The predicted molar refractivity (Wildman–Crippen MR) is 69.6 cm³/mol. The van der Waals surface area contributed by atoms with Gasteiger partial charge in [-0.15, -0.1) is 0 Å². The van der Waals surface area contributed by atoms with Gasteiger partial charge in [-0.1, -0.05) is 23.8 Å². The summed E-state index contributed by atoms with van der Waals surface area (Å²) in [5, 5.41) is 12.4. The van der Waals surface area contributed by atoms with Crippen LogP contribution in [0, 0.1) is 20.8 Å². The van der Waals surface area contributed by atoms with Crippen molar-refractivity contribution in [2.24, 2.45) is 10.9 Å². The lowest BCUT2D eigenvalue weighted by Gasteiger charge is -2.11. The summed E-state index contributed by atoms with van der Waals surface area (Å²) in [6.07, 6.45) is 0.510. The van der Waals surface area contributed by atoms with Crippen LogP contribution in [0.5, 0.6) is 0 Å². The molecule has 94 valence electrons. The van der Waals surface area contributed by atoms with Gasteiger partial charge in [0.1, 0.15) is 5.84 Å². The fourth-order valence-corrected chi connectivity index (χ4v) is 2.34. The second-order valence-corrected chi connectivity index (χ2v) is 5.43. The zero-order valence-electron chi connectivity index (χ0n) is 10.6. The zero-order chi connectivity index (χ0) is 13.0. The Morgan fingerprint density at radius 2 is 1.88 bits per heavy atom. The highest BCUT2D eigenvalue weighted by atomic mass is 32.2. The average molecular weight is 254 g/mol. The number of aryl methyl sites for hydroxylation is 2. The van der Waals surface area contributed by atoms with Gasteiger partial charge in [-0.05, 0) is 26.3 Å². The molecule has 1 rings (SSSR count). The van der Waals surface area contributed by atoms with E-state index in [-0.39, 0.29) is 11.1 Å². The van der Waals surface area contributed by atoms with Gasteiger partial charge in [0.05, 0.1) is 0 Å². The van der Waals surface area contributed by atoms with Crippen LogP contribution in [0.3, 0.4) is 0 Å². The van der Waals surface area contributed by atoms with Crippen molar-refractivity contribution in [1.82, 2.24) is 9.97 Å². The minimum absolute atomic E-state index is 0.174. The van der Waals surface area contributed by atoms with Gasteiger partial charge in [0, 0.05) is 23.1 Å². The fraction of sp³-hybridized carbons (Fsp3) is 0.545. The maximum absolute atomic E-state index is 8.50. The Morgan fingerprint density at radius 3 is 2.35 bits per heavy atom. The van der Waals surface area contributed by atoms with Crippen molar-refractivity contribution in [2.45, 2.75) is 44.5 Å². The number of amidine groups is 1. The Morgan fingerprint density at radius 1 is 1.35 bits per heavy atom. The summed E-state index contributed by atoms with van der Waals surface area (Å²) in [7, 11) is 0. The molecule has 1 aromatic rings.